The van der Waals surface area contributed by atoms with Crippen molar-refractivity contribution < 1.29 is 9.47 Å². The molecule has 21 heavy (non-hydrogen) atoms. The lowest BCUT2D eigenvalue weighted by Crippen LogP contribution is -2.56. The highest BCUT2D eigenvalue weighted by Gasteiger charge is 2.51. The summed E-state index contributed by atoms with van der Waals surface area (Å²) in [5, 5.41) is 3.47. The van der Waals surface area contributed by atoms with E-state index in [1.54, 1.807) is 0 Å². The summed E-state index contributed by atoms with van der Waals surface area (Å²) in [6.07, 6.45) is 4.85. The van der Waals surface area contributed by atoms with Crippen LogP contribution in [0.15, 0.2) is 18.2 Å². The molecular weight excluding hydrogens is 286 g/mol. The van der Waals surface area contributed by atoms with Gasteiger partial charge in [-0.05, 0) is 57.3 Å². The summed E-state index contributed by atoms with van der Waals surface area (Å²) in [5.74, 6) is 1.59. The molecule has 3 aliphatic rings. The van der Waals surface area contributed by atoms with Crippen molar-refractivity contribution in [3.05, 3.63) is 29.3 Å². The molecule has 0 bridgehead atoms. The van der Waals surface area contributed by atoms with Gasteiger partial charge in [-0.3, -0.25) is 0 Å². The number of halogens is 1. The Kier molecular flexibility index (Phi) is 4.17. The van der Waals surface area contributed by atoms with Crippen LogP contribution in [-0.4, -0.2) is 25.3 Å². The summed E-state index contributed by atoms with van der Waals surface area (Å²) < 4.78 is 12.8. The van der Waals surface area contributed by atoms with E-state index in [2.05, 4.69) is 30.4 Å². The second-order valence-electron chi connectivity index (χ2n) is 6.50. The number of ether oxygens (including phenoxy) is 2. The van der Waals surface area contributed by atoms with Gasteiger partial charge in [-0.15, -0.1) is 12.4 Å². The van der Waals surface area contributed by atoms with Gasteiger partial charge in [0.2, 0.25) is 0 Å². The predicted octanol–water partition coefficient (Wildman–Crippen LogP) is 3.40. The van der Waals surface area contributed by atoms with Crippen molar-refractivity contribution in [2.45, 2.75) is 44.3 Å². The lowest BCUT2D eigenvalue weighted by atomic mass is 9.70. The number of hydrogen-bond donors (Lipinski definition) is 1. The van der Waals surface area contributed by atoms with Gasteiger partial charge in [-0.2, -0.15) is 0 Å². The number of fused-ring (bicyclic) bond motifs is 4. The van der Waals surface area contributed by atoms with Crippen LogP contribution in [0.1, 0.15) is 42.9 Å². The first-order valence-corrected chi connectivity index (χ1v) is 7.90. The minimum atomic E-state index is -0.00285. The maximum absolute atomic E-state index is 6.59. The maximum Gasteiger partial charge on any atom is 0.126 e. The first-order chi connectivity index (χ1) is 9.78. The highest BCUT2D eigenvalue weighted by Crippen LogP contribution is 2.52. The Labute approximate surface area is 132 Å². The third-order valence-electron chi connectivity index (χ3n) is 5.24. The summed E-state index contributed by atoms with van der Waals surface area (Å²) in [7, 11) is 0. The van der Waals surface area contributed by atoms with Gasteiger partial charge < -0.3 is 14.8 Å². The van der Waals surface area contributed by atoms with E-state index in [1.807, 2.05) is 0 Å². The molecule has 0 amide bonds. The van der Waals surface area contributed by atoms with Gasteiger partial charge in [-0.1, -0.05) is 12.1 Å². The lowest BCUT2D eigenvalue weighted by molar-refractivity contribution is -0.141. The second-order valence-corrected chi connectivity index (χ2v) is 6.50. The molecule has 0 radical (unpaired) electrons. The summed E-state index contributed by atoms with van der Waals surface area (Å²) in [4.78, 5) is 0. The van der Waals surface area contributed by atoms with Gasteiger partial charge in [0.1, 0.15) is 11.4 Å². The van der Waals surface area contributed by atoms with E-state index in [0.717, 1.165) is 38.3 Å². The number of hydrogen-bond acceptors (Lipinski definition) is 3. The van der Waals surface area contributed by atoms with Crippen LogP contribution in [0.5, 0.6) is 5.75 Å². The molecule has 0 saturated carbocycles. The third kappa shape index (κ3) is 2.45. The molecule has 3 aliphatic heterocycles. The number of nitrogens with one attached hydrogen (secondary N) is 1. The van der Waals surface area contributed by atoms with E-state index in [4.69, 9.17) is 9.47 Å². The normalized spacial score (nSPS) is 29.8. The molecule has 1 spiro atoms. The van der Waals surface area contributed by atoms with E-state index in [9.17, 15) is 0 Å². The average Bonchev–Trinajstić information content (AvgIpc) is 2.48. The monoisotopic (exact) mass is 309 g/mol. The molecule has 4 heteroatoms. The fraction of sp³-hybridized carbons (Fsp3) is 0.647. The first kappa shape index (κ1) is 15.1. The van der Waals surface area contributed by atoms with Gasteiger partial charge in [0.25, 0.3) is 0 Å². The smallest absolute Gasteiger partial charge is 0.126 e. The van der Waals surface area contributed by atoms with Crippen molar-refractivity contribution in [3.8, 4) is 5.75 Å². The minimum absolute atomic E-state index is 0. The van der Waals surface area contributed by atoms with Crippen LogP contribution in [0.4, 0.5) is 0 Å². The van der Waals surface area contributed by atoms with Crippen LogP contribution >= 0.6 is 12.4 Å². The van der Waals surface area contributed by atoms with Crippen LogP contribution in [0, 0.1) is 12.8 Å². The Hall–Kier alpha value is -0.770. The number of rotatable bonds is 0. The Morgan fingerprint density at radius 2 is 2.05 bits per heavy atom. The zero-order valence-corrected chi connectivity index (χ0v) is 13.4. The molecule has 0 unspecified atom stereocenters. The summed E-state index contributed by atoms with van der Waals surface area (Å²) in [6.45, 7) is 5.14. The van der Waals surface area contributed by atoms with Crippen LogP contribution in [0.3, 0.4) is 0 Å². The quantitative estimate of drug-likeness (QED) is 0.797. The molecular formula is C17H24ClNO2. The predicted molar refractivity (Wildman–Crippen MR) is 85.3 cm³/mol. The van der Waals surface area contributed by atoms with Crippen molar-refractivity contribution >= 4 is 12.4 Å². The van der Waals surface area contributed by atoms with E-state index < -0.39 is 0 Å². The molecule has 0 aliphatic carbocycles. The van der Waals surface area contributed by atoms with Crippen molar-refractivity contribution in [3.63, 3.8) is 0 Å². The van der Waals surface area contributed by atoms with Gasteiger partial charge >= 0.3 is 0 Å². The van der Waals surface area contributed by atoms with E-state index >= 15 is 0 Å². The standard InChI is InChI=1S/C17H23NO2.ClH/c1-12-4-5-13-15(11-12)20-17(6-8-18-9-7-17)14-3-2-10-19-16(13)14;/h4-5,11,14,16,18H,2-3,6-10H2,1H3;1H/t14-,16+;/m1./s1. The Morgan fingerprint density at radius 1 is 1.24 bits per heavy atom. The van der Waals surface area contributed by atoms with Gasteiger partial charge in [-0.25, -0.2) is 0 Å². The van der Waals surface area contributed by atoms with Crippen LogP contribution in [-0.2, 0) is 4.74 Å². The first-order valence-electron chi connectivity index (χ1n) is 7.90. The molecule has 2 saturated heterocycles. The summed E-state index contributed by atoms with van der Waals surface area (Å²) >= 11 is 0. The van der Waals surface area contributed by atoms with Crippen LogP contribution < -0.4 is 10.1 Å². The van der Waals surface area contributed by atoms with Gasteiger partial charge in [0.05, 0.1) is 6.10 Å². The van der Waals surface area contributed by atoms with Crippen LogP contribution in [0.25, 0.3) is 0 Å². The van der Waals surface area contributed by atoms with E-state index in [-0.39, 0.29) is 24.1 Å². The summed E-state index contributed by atoms with van der Waals surface area (Å²) in [5.41, 5.74) is 2.53. The topological polar surface area (TPSA) is 30.5 Å². The van der Waals surface area contributed by atoms with Crippen molar-refractivity contribution in [1.29, 1.82) is 0 Å². The molecule has 0 aromatic heterocycles. The SMILES string of the molecule is Cc1ccc2c(c1)OC1(CCNCC1)[C@@H]1CCCO[C@@H]21.Cl. The fourth-order valence-electron chi connectivity index (χ4n) is 4.21. The molecule has 3 nitrogen and oxygen atoms in total. The average molecular weight is 310 g/mol. The number of aryl methyl sites for hydroxylation is 1. The molecule has 4 rings (SSSR count). The van der Waals surface area contributed by atoms with E-state index in [1.165, 1.54) is 24.0 Å². The second kappa shape index (κ2) is 5.79. The Bertz CT molecular complexity index is 514. The van der Waals surface area contributed by atoms with Gasteiger partial charge in [0, 0.05) is 18.1 Å². The Balaban J connectivity index is 0.00000132. The van der Waals surface area contributed by atoms with Crippen molar-refractivity contribution in [1.82, 2.24) is 5.32 Å². The van der Waals surface area contributed by atoms with Crippen LogP contribution in [0.2, 0.25) is 0 Å². The largest absolute Gasteiger partial charge is 0.486 e. The van der Waals surface area contributed by atoms with Crippen molar-refractivity contribution in [2.75, 3.05) is 19.7 Å². The highest BCUT2D eigenvalue weighted by molar-refractivity contribution is 5.85. The maximum atomic E-state index is 6.59. The highest BCUT2D eigenvalue weighted by atomic mass is 35.5. The molecule has 3 heterocycles. The molecule has 1 aromatic carbocycles. The minimum Gasteiger partial charge on any atom is -0.486 e. The summed E-state index contributed by atoms with van der Waals surface area (Å²) in [6, 6.07) is 6.58. The molecule has 1 N–H and O–H groups in total. The molecule has 2 atom stereocenters. The number of piperidine rings is 1. The molecule has 116 valence electrons. The third-order valence-corrected chi connectivity index (χ3v) is 5.24. The Morgan fingerprint density at radius 3 is 2.86 bits per heavy atom. The van der Waals surface area contributed by atoms with Gasteiger partial charge in [0.15, 0.2) is 0 Å². The zero-order chi connectivity index (χ0) is 13.6. The number of benzene rings is 1. The fourth-order valence-corrected chi connectivity index (χ4v) is 4.21. The zero-order valence-electron chi connectivity index (χ0n) is 12.6. The molecule has 2 fully saturated rings. The van der Waals surface area contributed by atoms with E-state index in [0.29, 0.717) is 5.92 Å². The molecule has 1 aromatic rings. The lowest BCUT2D eigenvalue weighted by Gasteiger charge is -2.52. The van der Waals surface area contributed by atoms with Crippen molar-refractivity contribution in [2.24, 2.45) is 5.92 Å².